The molecule has 1 N–H and O–H groups in total. The lowest BCUT2D eigenvalue weighted by atomic mass is 10.2. The van der Waals surface area contributed by atoms with Gasteiger partial charge in [-0.3, -0.25) is 4.79 Å². The number of nitrogens with one attached hydrogen (secondary N) is 1. The zero-order chi connectivity index (χ0) is 15.8. The Morgan fingerprint density at radius 1 is 1.33 bits per heavy atom. The van der Waals surface area contributed by atoms with Crippen molar-refractivity contribution >= 4 is 27.5 Å². The number of hydrogen-bond acceptors (Lipinski definition) is 3. The molecular weight excluding hydrogens is 353 g/mol. The lowest BCUT2D eigenvalue weighted by Gasteiger charge is -2.11. The van der Waals surface area contributed by atoms with Crippen LogP contribution in [0.2, 0.25) is 0 Å². The van der Waals surface area contributed by atoms with E-state index in [1.807, 2.05) is 0 Å². The highest BCUT2D eigenvalue weighted by molar-refractivity contribution is 9.10. The van der Waals surface area contributed by atoms with Crippen molar-refractivity contribution in [2.45, 2.75) is 20.0 Å². The van der Waals surface area contributed by atoms with Crippen LogP contribution >= 0.6 is 15.9 Å². The Morgan fingerprint density at radius 3 is 2.52 bits per heavy atom. The number of alkyl halides is 3. The second kappa shape index (κ2) is 5.51. The van der Waals surface area contributed by atoms with Crippen LogP contribution in [0.4, 0.5) is 18.9 Å². The van der Waals surface area contributed by atoms with E-state index >= 15 is 0 Å². The maximum Gasteiger partial charge on any atom is 0.416 e. The minimum atomic E-state index is -4.49. The van der Waals surface area contributed by atoms with Gasteiger partial charge in [0.2, 0.25) is 5.76 Å². The molecule has 0 radical (unpaired) electrons. The predicted molar refractivity (Wildman–Crippen MR) is 73.1 cm³/mol. The molecule has 112 valence electrons. The maximum absolute atomic E-state index is 12.7. The fraction of sp³-hybridized carbons (Fsp3) is 0.231. The summed E-state index contributed by atoms with van der Waals surface area (Å²) in [4.78, 5) is 15.9. The molecule has 0 fully saturated rings. The van der Waals surface area contributed by atoms with E-state index < -0.39 is 17.6 Å². The molecule has 1 amide bonds. The first-order valence-corrected chi connectivity index (χ1v) is 6.60. The summed E-state index contributed by atoms with van der Waals surface area (Å²) in [7, 11) is 0. The van der Waals surface area contributed by atoms with Gasteiger partial charge in [-0.15, -0.1) is 0 Å². The van der Waals surface area contributed by atoms with Gasteiger partial charge in [-0.25, -0.2) is 4.98 Å². The van der Waals surface area contributed by atoms with Gasteiger partial charge < -0.3 is 9.73 Å². The monoisotopic (exact) mass is 362 g/mol. The zero-order valence-corrected chi connectivity index (χ0v) is 12.6. The van der Waals surface area contributed by atoms with Gasteiger partial charge in [-0.2, -0.15) is 13.2 Å². The fourth-order valence-electron chi connectivity index (χ4n) is 1.72. The van der Waals surface area contributed by atoms with Crippen LogP contribution < -0.4 is 5.32 Å². The minimum absolute atomic E-state index is 0.00304. The first kappa shape index (κ1) is 15.6. The second-order valence-corrected chi connectivity index (χ2v) is 5.15. The molecule has 8 heteroatoms. The van der Waals surface area contributed by atoms with Gasteiger partial charge in [-0.1, -0.05) is 0 Å². The molecule has 0 bridgehead atoms. The number of anilines is 1. The van der Waals surface area contributed by atoms with Crippen LogP contribution in [-0.2, 0) is 6.18 Å². The van der Waals surface area contributed by atoms with Crippen molar-refractivity contribution in [3.63, 3.8) is 0 Å². The van der Waals surface area contributed by atoms with E-state index in [2.05, 4.69) is 26.2 Å². The molecule has 1 aromatic heterocycles. The number of carbonyl (C=O) groups excluding carboxylic acids is 1. The van der Waals surface area contributed by atoms with Crippen LogP contribution in [0.15, 0.2) is 27.1 Å². The quantitative estimate of drug-likeness (QED) is 0.865. The number of aromatic nitrogens is 1. The van der Waals surface area contributed by atoms with E-state index in [4.69, 9.17) is 4.42 Å². The number of oxazole rings is 1. The van der Waals surface area contributed by atoms with Gasteiger partial charge in [0.05, 0.1) is 16.9 Å². The molecule has 0 saturated heterocycles. The van der Waals surface area contributed by atoms with E-state index in [9.17, 15) is 18.0 Å². The molecule has 2 rings (SSSR count). The van der Waals surface area contributed by atoms with E-state index in [0.29, 0.717) is 16.1 Å². The molecular formula is C13H10BrF3N2O2. The summed E-state index contributed by atoms with van der Waals surface area (Å²) < 4.78 is 43.5. The Bertz CT molecular complexity index is 695. The van der Waals surface area contributed by atoms with Crippen molar-refractivity contribution in [2.75, 3.05) is 5.32 Å². The van der Waals surface area contributed by atoms with Crippen molar-refractivity contribution in [1.29, 1.82) is 0 Å². The van der Waals surface area contributed by atoms with Crippen molar-refractivity contribution in [3.8, 4) is 0 Å². The smallest absolute Gasteiger partial charge is 0.416 e. The van der Waals surface area contributed by atoms with Crippen LogP contribution in [-0.4, -0.2) is 10.9 Å². The summed E-state index contributed by atoms with van der Waals surface area (Å²) in [6.07, 6.45) is -4.49. The first-order chi connectivity index (χ1) is 9.68. The van der Waals surface area contributed by atoms with Gasteiger partial charge in [0, 0.05) is 11.4 Å². The van der Waals surface area contributed by atoms with Crippen molar-refractivity contribution in [3.05, 3.63) is 45.6 Å². The molecule has 1 aromatic carbocycles. The molecule has 0 aliphatic carbocycles. The lowest BCUT2D eigenvalue weighted by molar-refractivity contribution is -0.137. The number of aryl methyl sites for hydroxylation is 2. The summed E-state index contributed by atoms with van der Waals surface area (Å²) >= 11 is 3.09. The van der Waals surface area contributed by atoms with Gasteiger partial charge in [0.15, 0.2) is 5.89 Å². The number of rotatable bonds is 2. The molecule has 0 atom stereocenters. The molecule has 0 aliphatic heterocycles. The summed E-state index contributed by atoms with van der Waals surface area (Å²) in [5, 5.41) is 2.37. The second-order valence-electron chi connectivity index (χ2n) is 4.29. The van der Waals surface area contributed by atoms with E-state index in [0.717, 1.165) is 12.1 Å². The number of nitrogens with zero attached hydrogens (tertiary/aromatic N) is 1. The number of benzene rings is 1. The third kappa shape index (κ3) is 3.44. The molecule has 0 unspecified atom stereocenters. The van der Waals surface area contributed by atoms with E-state index in [1.165, 1.54) is 6.07 Å². The average molecular weight is 363 g/mol. The van der Waals surface area contributed by atoms with E-state index in [-0.39, 0.29) is 11.4 Å². The van der Waals surface area contributed by atoms with Crippen LogP contribution in [0.3, 0.4) is 0 Å². The number of amides is 1. The highest BCUT2D eigenvalue weighted by Crippen LogP contribution is 2.34. The third-order valence-corrected chi connectivity index (χ3v) is 3.34. The molecule has 4 nitrogen and oxygen atoms in total. The zero-order valence-electron chi connectivity index (χ0n) is 11.0. The predicted octanol–water partition coefficient (Wildman–Crippen LogP) is 4.33. The maximum atomic E-state index is 12.7. The SMILES string of the molecule is Cc1nc(C)c(C(=O)Nc2cc(C(F)(F)F)ccc2Br)o1. The number of halogens is 4. The average Bonchev–Trinajstić information content (AvgIpc) is 2.70. The number of hydrogen-bond donors (Lipinski definition) is 1. The minimum Gasteiger partial charge on any atom is -0.436 e. The van der Waals surface area contributed by atoms with Crippen LogP contribution in [0.25, 0.3) is 0 Å². The Kier molecular flexibility index (Phi) is 4.08. The van der Waals surface area contributed by atoms with Gasteiger partial charge in [0.25, 0.3) is 5.91 Å². The van der Waals surface area contributed by atoms with Crippen LogP contribution in [0.1, 0.15) is 27.7 Å². The highest BCUT2D eigenvalue weighted by atomic mass is 79.9. The Morgan fingerprint density at radius 2 is 2.00 bits per heavy atom. The summed E-state index contributed by atoms with van der Waals surface area (Å²) in [5.41, 5.74) is -0.483. The summed E-state index contributed by atoms with van der Waals surface area (Å²) in [6.45, 7) is 3.15. The number of carbonyl (C=O) groups is 1. The molecule has 0 saturated carbocycles. The Labute approximate surface area is 126 Å². The van der Waals surface area contributed by atoms with Crippen LogP contribution in [0.5, 0.6) is 0 Å². The summed E-state index contributed by atoms with van der Waals surface area (Å²) in [5.74, 6) is -0.384. The van der Waals surface area contributed by atoms with Crippen molar-refractivity contribution in [1.82, 2.24) is 4.98 Å². The van der Waals surface area contributed by atoms with E-state index in [1.54, 1.807) is 13.8 Å². The van der Waals surface area contributed by atoms with Crippen LogP contribution in [0, 0.1) is 13.8 Å². The largest absolute Gasteiger partial charge is 0.436 e. The molecule has 0 spiro atoms. The molecule has 1 heterocycles. The standard InChI is InChI=1S/C13H10BrF3N2O2/c1-6-11(21-7(2)18-6)12(20)19-10-5-8(13(15,16)17)3-4-9(10)14/h3-5H,1-2H3,(H,19,20). The highest BCUT2D eigenvalue weighted by Gasteiger charge is 2.31. The van der Waals surface area contributed by atoms with Gasteiger partial charge in [0.1, 0.15) is 0 Å². The van der Waals surface area contributed by atoms with Crippen molar-refractivity contribution < 1.29 is 22.4 Å². The van der Waals surface area contributed by atoms with Gasteiger partial charge >= 0.3 is 6.18 Å². The normalized spacial score (nSPS) is 11.5. The van der Waals surface area contributed by atoms with Gasteiger partial charge in [-0.05, 0) is 41.1 Å². The fourth-order valence-corrected chi connectivity index (χ4v) is 2.06. The molecule has 0 aliphatic rings. The molecule has 2 aromatic rings. The summed E-state index contributed by atoms with van der Waals surface area (Å²) in [6, 6.07) is 2.99. The lowest BCUT2D eigenvalue weighted by Crippen LogP contribution is -2.14. The Hall–Kier alpha value is -1.83. The molecule has 21 heavy (non-hydrogen) atoms. The topological polar surface area (TPSA) is 55.1 Å². The first-order valence-electron chi connectivity index (χ1n) is 5.80. The Balaban J connectivity index is 2.31. The third-order valence-electron chi connectivity index (χ3n) is 2.65. The van der Waals surface area contributed by atoms with Crippen molar-refractivity contribution in [2.24, 2.45) is 0 Å².